The summed E-state index contributed by atoms with van der Waals surface area (Å²) in [5, 5.41) is 8.71. The zero-order chi connectivity index (χ0) is 17.6. The first kappa shape index (κ1) is 17.2. The minimum Gasteiger partial charge on any atom is -0.454 e. The van der Waals surface area contributed by atoms with Crippen molar-refractivity contribution in [3.8, 4) is 0 Å². The highest BCUT2D eigenvalue weighted by molar-refractivity contribution is 5.94. The lowest BCUT2D eigenvalue weighted by Gasteiger charge is -2.23. The normalized spacial score (nSPS) is 17.1. The van der Waals surface area contributed by atoms with E-state index in [-0.39, 0.29) is 24.1 Å². The summed E-state index contributed by atoms with van der Waals surface area (Å²) in [5.74, 6) is 0.850. The third-order valence-corrected chi connectivity index (χ3v) is 4.48. The summed E-state index contributed by atoms with van der Waals surface area (Å²) in [7, 11) is 1.54. The van der Waals surface area contributed by atoms with Gasteiger partial charge in [-0.25, -0.2) is 0 Å². The number of benzene rings is 1. The number of rotatable bonds is 5. The first-order chi connectivity index (χ1) is 12.2. The average molecular weight is 341 g/mol. The van der Waals surface area contributed by atoms with Gasteiger partial charge in [0.25, 0.3) is 11.8 Å². The number of furan rings is 1. The molecule has 3 N–H and O–H groups in total. The molecule has 0 radical (unpaired) electrons. The van der Waals surface area contributed by atoms with Gasteiger partial charge in [-0.05, 0) is 55.1 Å². The van der Waals surface area contributed by atoms with E-state index in [1.165, 1.54) is 18.4 Å². The molecule has 6 nitrogen and oxygen atoms in total. The number of hydrogen-bond donors (Lipinski definition) is 3. The van der Waals surface area contributed by atoms with Crippen molar-refractivity contribution in [1.82, 2.24) is 16.0 Å². The Hall–Kier alpha value is -2.60. The summed E-state index contributed by atoms with van der Waals surface area (Å²) in [6.07, 6.45) is 2.37. The van der Waals surface area contributed by atoms with Crippen LogP contribution in [0.15, 0.2) is 40.8 Å². The molecule has 6 heteroatoms. The van der Waals surface area contributed by atoms with E-state index in [4.69, 9.17) is 4.42 Å². The monoisotopic (exact) mass is 341 g/mol. The molecule has 132 valence electrons. The van der Waals surface area contributed by atoms with Gasteiger partial charge in [0.05, 0.1) is 6.54 Å². The van der Waals surface area contributed by atoms with Crippen LogP contribution in [0.4, 0.5) is 0 Å². The molecule has 2 amide bonds. The SMILES string of the molecule is CNC(=O)c1ccc(CNC(=O)c2ccc([C@@H]3CCCNC3)cc2)o1. The molecule has 1 atom stereocenters. The fraction of sp³-hybridized carbons (Fsp3) is 0.368. The van der Waals surface area contributed by atoms with Crippen LogP contribution < -0.4 is 16.0 Å². The maximum absolute atomic E-state index is 12.3. The Morgan fingerprint density at radius 1 is 1.16 bits per heavy atom. The van der Waals surface area contributed by atoms with Crippen molar-refractivity contribution >= 4 is 11.8 Å². The summed E-state index contributed by atoms with van der Waals surface area (Å²) >= 11 is 0. The molecule has 1 aliphatic rings. The van der Waals surface area contributed by atoms with Gasteiger partial charge in [0.1, 0.15) is 5.76 Å². The number of nitrogens with one attached hydrogen (secondary N) is 3. The van der Waals surface area contributed by atoms with Gasteiger partial charge in [-0.2, -0.15) is 0 Å². The Balaban J connectivity index is 1.56. The van der Waals surface area contributed by atoms with Crippen LogP contribution >= 0.6 is 0 Å². The minimum atomic E-state index is -0.287. The van der Waals surface area contributed by atoms with Crippen molar-refractivity contribution in [3.63, 3.8) is 0 Å². The first-order valence-electron chi connectivity index (χ1n) is 8.57. The van der Waals surface area contributed by atoms with Crippen LogP contribution in [0.2, 0.25) is 0 Å². The summed E-state index contributed by atoms with van der Waals surface area (Å²) in [6, 6.07) is 11.1. The lowest BCUT2D eigenvalue weighted by molar-refractivity contribution is 0.0933. The van der Waals surface area contributed by atoms with Gasteiger partial charge in [-0.1, -0.05) is 12.1 Å². The minimum absolute atomic E-state index is 0.161. The van der Waals surface area contributed by atoms with Crippen LogP contribution in [0.5, 0.6) is 0 Å². The molecule has 1 fully saturated rings. The van der Waals surface area contributed by atoms with Crippen molar-refractivity contribution < 1.29 is 14.0 Å². The second-order valence-electron chi connectivity index (χ2n) is 6.19. The fourth-order valence-corrected chi connectivity index (χ4v) is 3.03. The smallest absolute Gasteiger partial charge is 0.286 e. The van der Waals surface area contributed by atoms with Gasteiger partial charge in [0.15, 0.2) is 5.76 Å². The Morgan fingerprint density at radius 2 is 1.96 bits per heavy atom. The largest absolute Gasteiger partial charge is 0.454 e. The number of amides is 2. The van der Waals surface area contributed by atoms with E-state index in [1.807, 2.05) is 24.3 Å². The van der Waals surface area contributed by atoms with Crippen LogP contribution in [0, 0.1) is 0 Å². The molecule has 0 unspecified atom stereocenters. The molecular formula is C19H23N3O3. The number of carbonyl (C=O) groups excluding carboxylic acids is 2. The summed E-state index contributed by atoms with van der Waals surface area (Å²) in [4.78, 5) is 23.7. The molecule has 1 aromatic heterocycles. The van der Waals surface area contributed by atoms with Crippen LogP contribution in [0.25, 0.3) is 0 Å². The second-order valence-corrected chi connectivity index (χ2v) is 6.19. The quantitative estimate of drug-likeness (QED) is 0.777. The van der Waals surface area contributed by atoms with Crippen molar-refractivity contribution in [3.05, 3.63) is 59.0 Å². The van der Waals surface area contributed by atoms with E-state index in [1.54, 1.807) is 19.2 Å². The molecule has 3 rings (SSSR count). The maximum atomic E-state index is 12.3. The highest BCUT2D eigenvalue weighted by atomic mass is 16.4. The molecule has 1 saturated heterocycles. The highest BCUT2D eigenvalue weighted by Gasteiger charge is 2.16. The zero-order valence-corrected chi connectivity index (χ0v) is 14.3. The third kappa shape index (κ3) is 4.28. The zero-order valence-electron chi connectivity index (χ0n) is 14.3. The Morgan fingerprint density at radius 3 is 2.64 bits per heavy atom. The molecular weight excluding hydrogens is 318 g/mol. The maximum Gasteiger partial charge on any atom is 0.286 e. The Bertz CT molecular complexity index is 731. The molecule has 1 aliphatic heterocycles. The highest BCUT2D eigenvalue weighted by Crippen LogP contribution is 2.23. The van der Waals surface area contributed by atoms with Gasteiger partial charge in [-0.3, -0.25) is 9.59 Å². The lowest BCUT2D eigenvalue weighted by Crippen LogP contribution is -2.28. The van der Waals surface area contributed by atoms with Gasteiger partial charge >= 0.3 is 0 Å². The standard InChI is InChI=1S/C19H23N3O3/c1-20-19(24)17-9-8-16(25-17)12-22-18(23)14-6-4-13(5-7-14)15-3-2-10-21-11-15/h4-9,15,21H,2-3,10-12H2,1H3,(H,20,24)(H,22,23)/t15-/m1/s1. The predicted octanol–water partition coefficient (Wildman–Crippen LogP) is 2.04. The fourth-order valence-electron chi connectivity index (χ4n) is 3.03. The molecule has 0 bridgehead atoms. The van der Waals surface area contributed by atoms with E-state index >= 15 is 0 Å². The lowest BCUT2D eigenvalue weighted by atomic mass is 9.91. The topological polar surface area (TPSA) is 83.4 Å². The second kappa shape index (κ2) is 7.98. The molecule has 2 aromatic rings. The number of hydrogen-bond acceptors (Lipinski definition) is 4. The van der Waals surface area contributed by atoms with E-state index in [2.05, 4.69) is 16.0 Å². The van der Waals surface area contributed by atoms with Gasteiger partial charge < -0.3 is 20.4 Å². The van der Waals surface area contributed by atoms with Crippen molar-refractivity contribution in [1.29, 1.82) is 0 Å². The number of piperidine rings is 1. The molecule has 1 aromatic carbocycles. The van der Waals surface area contributed by atoms with Gasteiger partial charge in [0.2, 0.25) is 0 Å². The molecule has 2 heterocycles. The predicted molar refractivity (Wildman–Crippen MR) is 94.6 cm³/mol. The van der Waals surface area contributed by atoms with Gasteiger partial charge in [0, 0.05) is 19.2 Å². The van der Waals surface area contributed by atoms with E-state index in [9.17, 15) is 9.59 Å². The molecule has 0 saturated carbocycles. The van der Waals surface area contributed by atoms with Gasteiger partial charge in [-0.15, -0.1) is 0 Å². The third-order valence-electron chi connectivity index (χ3n) is 4.48. The Labute approximate surface area is 147 Å². The van der Waals surface area contributed by atoms with Crippen molar-refractivity contribution in [2.75, 3.05) is 20.1 Å². The van der Waals surface area contributed by atoms with Crippen LogP contribution in [-0.4, -0.2) is 32.0 Å². The van der Waals surface area contributed by atoms with Crippen LogP contribution in [-0.2, 0) is 6.54 Å². The molecule has 0 spiro atoms. The average Bonchev–Trinajstić information content (AvgIpc) is 3.15. The van der Waals surface area contributed by atoms with Crippen LogP contribution in [0.1, 0.15) is 51.0 Å². The van der Waals surface area contributed by atoms with E-state index in [0.717, 1.165) is 13.1 Å². The van der Waals surface area contributed by atoms with Crippen molar-refractivity contribution in [2.24, 2.45) is 0 Å². The number of carbonyl (C=O) groups is 2. The summed E-state index contributed by atoms with van der Waals surface area (Å²) < 4.78 is 5.39. The van der Waals surface area contributed by atoms with E-state index in [0.29, 0.717) is 17.2 Å². The summed E-state index contributed by atoms with van der Waals surface area (Å²) in [6.45, 7) is 2.33. The molecule has 25 heavy (non-hydrogen) atoms. The van der Waals surface area contributed by atoms with E-state index < -0.39 is 0 Å². The molecule has 0 aliphatic carbocycles. The first-order valence-corrected chi connectivity index (χ1v) is 8.57. The summed E-state index contributed by atoms with van der Waals surface area (Å²) in [5.41, 5.74) is 1.88. The van der Waals surface area contributed by atoms with Crippen LogP contribution in [0.3, 0.4) is 0 Å². The Kier molecular flexibility index (Phi) is 5.50. The van der Waals surface area contributed by atoms with Crippen molar-refractivity contribution in [2.45, 2.75) is 25.3 Å².